The second-order valence-corrected chi connectivity index (χ2v) is 3.95. The van der Waals surface area contributed by atoms with E-state index in [1.165, 1.54) is 0 Å². The molecule has 0 fully saturated rings. The number of rotatable bonds is 5. The summed E-state index contributed by atoms with van der Waals surface area (Å²) in [6.45, 7) is 2.15. The lowest BCUT2D eigenvalue weighted by Gasteiger charge is -2.08. The Hall–Kier alpha value is -0.610. The zero-order valence-corrected chi connectivity index (χ0v) is 8.63. The van der Waals surface area contributed by atoms with E-state index in [4.69, 9.17) is 5.73 Å². The molecule has 13 heavy (non-hydrogen) atoms. The summed E-state index contributed by atoms with van der Waals surface area (Å²) in [6.07, 6.45) is 5.54. The van der Waals surface area contributed by atoms with Crippen LogP contribution in [0.2, 0.25) is 0 Å². The Bertz CT molecular complexity index is 228. The van der Waals surface area contributed by atoms with Crippen LogP contribution in [0.5, 0.6) is 0 Å². The van der Waals surface area contributed by atoms with Gasteiger partial charge in [-0.25, -0.2) is 9.97 Å². The molecule has 0 spiro atoms. The highest BCUT2D eigenvalue weighted by atomic mass is 32.2. The molecule has 3 nitrogen and oxygen atoms in total. The van der Waals surface area contributed by atoms with Gasteiger partial charge in [-0.15, -0.1) is 11.8 Å². The van der Waals surface area contributed by atoms with Crippen molar-refractivity contribution in [1.82, 2.24) is 9.97 Å². The van der Waals surface area contributed by atoms with E-state index < -0.39 is 0 Å². The van der Waals surface area contributed by atoms with Crippen LogP contribution in [0.3, 0.4) is 0 Å². The van der Waals surface area contributed by atoms with Crippen LogP contribution in [0.4, 0.5) is 0 Å². The van der Waals surface area contributed by atoms with E-state index >= 15 is 0 Å². The van der Waals surface area contributed by atoms with E-state index in [1.54, 1.807) is 24.3 Å². The van der Waals surface area contributed by atoms with Crippen LogP contribution in [0, 0.1) is 0 Å². The summed E-state index contributed by atoms with van der Waals surface area (Å²) < 4.78 is 0. The van der Waals surface area contributed by atoms with E-state index in [0.717, 1.165) is 23.6 Å². The molecule has 0 aliphatic rings. The van der Waals surface area contributed by atoms with Gasteiger partial charge < -0.3 is 5.73 Å². The zero-order chi connectivity index (χ0) is 9.52. The van der Waals surface area contributed by atoms with Gasteiger partial charge in [0.25, 0.3) is 0 Å². The topological polar surface area (TPSA) is 51.8 Å². The molecule has 1 heterocycles. The number of hydrogen-bond acceptors (Lipinski definition) is 4. The van der Waals surface area contributed by atoms with E-state index in [9.17, 15) is 0 Å². The van der Waals surface area contributed by atoms with Gasteiger partial charge in [-0.05, 0) is 12.5 Å². The van der Waals surface area contributed by atoms with E-state index in [1.807, 2.05) is 6.07 Å². The first-order valence-corrected chi connectivity index (χ1v) is 5.46. The fourth-order valence-corrected chi connectivity index (χ4v) is 1.84. The normalized spacial score (nSPS) is 12.8. The number of aromatic nitrogens is 2. The minimum atomic E-state index is 0.282. The number of nitrogens with two attached hydrogens (primary N) is 1. The first-order chi connectivity index (χ1) is 6.33. The monoisotopic (exact) mass is 197 g/mol. The maximum absolute atomic E-state index is 5.87. The zero-order valence-electron chi connectivity index (χ0n) is 7.81. The summed E-state index contributed by atoms with van der Waals surface area (Å²) in [4.78, 5) is 7.96. The molecule has 4 heteroatoms. The molecule has 2 N–H and O–H groups in total. The van der Waals surface area contributed by atoms with Gasteiger partial charge in [0, 0.05) is 18.0 Å². The van der Waals surface area contributed by atoms with Crippen molar-refractivity contribution in [3.05, 3.63) is 18.6 Å². The number of thioether (sulfide) groups is 1. The van der Waals surface area contributed by atoms with Gasteiger partial charge in [-0.3, -0.25) is 0 Å². The second-order valence-electron chi connectivity index (χ2n) is 2.91. The Kier molecular flexibility index (Phi) is 4.78. The van der Waals surface area contributed by atoms with Crippen molar-refractivity contribution < 1.29 is 0 Å². The van der Waals surface area contributed by atoms with Crippen molar-refractivity contribution in [2.24, 2.45) is 5.73 Å². The quantitative estimate of drug-likeness (QED) is 0.576. The third kappa shape index (κ3) is 4.24. The van der Waals surface area contributed by atoms with Gasteiger partial charge in [0.2, 0.25) is 0 Å². The summed E-state index contributed by atoms with van der Waals surface area (Å²) in [7, 11) is 0. The van der Waals surface area contributed by atoms with Crippen LogP contribution < -0.4 is 5.73 Å². The molecule has 0 bridgehead atoms. The third-order valence-corrected chi connectivity index (χ3v) is 2.79. The molecule has 1 aromatic heterocycles. The minimum absolute atomic E-state index is 0.282. The first kappa shape index (κ1) is 10.5. The fourth-order valence-electron chi connectivity index (χ4n) is 1.01. The molecule has 1 atom stereocenters. The minimum Gasteiger partial charge on any atom is -0.327 e. The van der Waals surface area contributed by atoms with Crippen molar-refractivity contribution in [3.63, 3.8) is 0 Å². The molecule has 1 aromatic rings. The van der Waals surface area contributed by atoms with Gasteiger partial charge in [0.15, 0.2) is 0 Å². The summed E-state index contributed by atoms with van der Waals surface area (Å²) in [5, 5.41) is 1.00. The molecule has 0 saturated carbocycles. The largest absolute Gasteiger partial charge is 0.327 e. The first-order valence-electron chi connectivity index (χ1n) is 4.47. The van der Waals surface area contributed by atoms with Crippen molar-refractivity contribution in [2.75, 3.05) is 5.75 Å². The molecule has 0 aliphatic heterocycles. The maximum atomic E-state index is 5.87. The highest BCUT2D eigenvalue weighted by molar-refractivity contribution is 7.99. The fraction of sp³-hybridized carbons (Fsp3) is 0.556. The van der Waals surface area contributed by atoms with Crippen molar-refractivity contribution >= 4 is 11.8 Å². The summed E-state index contributed by atoms with van der Waals surface area (Å²) in [5.41, 5.74) is 5.87. The van der Waals surface area contributed by atoms with Crippen LogP contribution in [0.1, 0.15) is 19.8 Å². The molecular weight excluding hydrogens is 182 g/mol. The number of hydrogen-bond donors (Lipinski definition) is 1. The van der Waals surface area contributed by atoms with Gasteiger partial charge in [0.05, 0.1) is 5.03 Å². The predicted octanol–water partition coefficient (Wildman–Crippen LogP) is 1.70. The lowest BCUT2D eigenvalue weighted by atomic mass is 10.2. The predicted molar refractivity (Wildman–Crippen MR) is 55.6 cm³/mol. The van der Waals surface area contributed by atoms with E-state index in [0.29, 0.717) is 0 Å². The van der Waals surface area contributed by atoms with Gasteiger partial charge in [0.1, 0.15) is 6.33 Å². The molecule has 0 saturated heterocycles. The Labute approximate surface area is 83.2 Å². The van der Waals surface area contributed by atoms with Crippen molar-refractivity contribution in [3.8, 4) is 0 Å². The smallest absolute Gasteiger partial charge is 0.116 e. The average Bonchev–Trinajstić information content (AvgIpc) is 2.17. The Morgan fingerprint density at radius 1 is 1.62 bits per heavy atom. The van der Waals surface area contributed by atoms with Crippen molar-refractivity contribution in [2.45, 2.75) is 30.8 Å². The van der Waals surface area contributed by atoms with Gasteiger partial charge >= 0.3 is 0 Å². The molecule has 72 valence electrons. The summed E-state index contributed by atoms with van der Waals surface area (Å²) >= 11 is 1.69. The molecule has 1 unspecified atom stereocenters. The molecular formula is C9H15N3S. The van der Waals surface area contributed by atoms with E-state index in [-0.39, 0.29) is 6.04 Å². The molecule has 0 aliphatic carbocycles. The Morgan fingerprint density at radius 3 is 3.08 bits per heavy atom. The second kappa shape index (κ2) is 5.94. The van der Waals surface area contributed by atoms with E-state index in [2.05, 4.69) is 16.9 Å². The highest BCUT2D eigenvalue weighted by Crippen LogP contribution is 2.15. The Balaban J connectivity index is 2.27. The van der Waals surface area contributed by atoms with Crippen LogP contribution in [-0.4, -0.2) is 21.8 Å². The summed E-state index contributed by atoms with van der Waals surface area (Å²) in [5.74, 6) is 0.935. The number of nitrogens with zero attached hydrogens (tertiary/aromatic N) is 2. The SMILES string of the molecule is CCCC(N)CSc1ccncn1. The highest BCUT2D eigenvalue weighted by Gasteiger charge is 2.02. The van der Waals surface area contributed by atoms with Crippen LogP contribution in [-0.2, 0) is 0 Å². The summed E-state index contributed by atoms with van der Waals surface area (Å²) in [6, 6.07) is 2.19. The average molecular weight is 197 g/mol. The maximum Gasteiger partial charge on any atom is 0.116 e. The molecule has 0 aromatic carbocycles. The van der Waals surface area contributed by atoms with Gasteiger partial charge in [-0.2, -0.15) is 0 Å². The molecule has 0 amide bonds. The Morgan fingerprint density at radius 2 is 2.46 bits per heavy atom. The molecule has 1 rings (SSSR count). The standard InChI is InChI=1S/C9H15N3S/c1-2-3-8(10)6-13-9-4-5-11-7-12-9/h4-5,7-8H,2-3,6,10H2,1H3. The van der Waals surface area contributed by atoms with Crippen LogP contribution in [0.25, 0.3) is 0 Å². The van der Waals surface area contributed by atoms with Crippen molar-refractivity contribution in [1.29, 1.82) is 0 Å². The lowest BCUT2D eigenvalue weighted by Crippen LogP contribution is -2.22. The molecule has 0 radical (unpaired) electrons. The lowest BCUT2D eigenvalue weighted by molar-refractivity contribution is 0.660. The third-order valence-electron chi connectivity index (χ3n) is 1.66. The van der Waals surface area contributed by atoms with Gasteiger partial charge in [-0.1, -0.05) is 13.3 Å². The van der Waals surface area contributed by atoms with Crippen LogP contribution in [0.15, 0.2) is 23.6 Å². The van der Waals surface area contributed by atoms with Crippen LogP contribution >= 0.6 is 11.8 Å².